The number of ether oxygens (including phenoxy) is 1. The summed E-state index contributed by atoms with van der Waals surface area (Å²) in [4.78, 5) is 22.5. The van der Waals surface area contributed by atoms with Gasteiger partial charge in [-0.25, -0.2) is 0 Å². The zero-order valence-electron chi connectivity index (χ0n) is 9.81. The molecule has 0 atom stereocenters. The van der Waals surface area contributed by atoms with Crippen LogP contribution >= 0.6 is 0 Å². The Morgan fingerprint density at radius 1 is 1.18 bits per heavy atom. The van der Waals surface area contributed by atoms with Gasteiger partial charge in [0, 0.05) is 12.8 Å². The number of carbonyl (C=O) groups excluding carboxylic acids is 2. The molecule has 4 nitrogen and oxygen atoms in total. The van der Waals surface area contributed by atoms with Crippen molar-refractivity contribution in [2.24, 2.45) is 0 Å². The van der Waals surface area contributed by atoms with Crippen LogP contribution in [-0.2, 0) is 9.53 Å². The molecule has 1 N–H and O–H groups in total. The number of phenols is 1. The molecule has 17 heavy (non-hydrogen) atoms. The number of Topliss-reactive ketones (excluding diaryl/α,β-unsaturated/α-hetero) is 1. The molecular formula is C13H16O4. The zero-order valence-corrected chi connectivity index (χ0v) is 9.81. The summed E-state index contributed by atoms with van der Waals surface area (Å²) in [7, 11) is 1.34. The number of hydrogen-bond acceptors (Lipinski definition) is 4. The molecule has 0 aliphatic rings. The van der Waals surface area contributed by atoms with Crippen molar-refractivity contribution in [3.63, 3.8) is 0 Å². The number of hydrogen-bond donors (Lipinski definition) is 1. The highest BCUT2D eigenvalue weighted by Gasteiger charge is 2.10. The highest BCUT2D eigenvalue weighted by atomic mass is 16.5. The second kappa shape index (κ2) is 6.68. The van der Waals surface area contributed by atoms with E-state index < -0.39 is 0 Å². The third-order valence-corrected chi connectivity index (χ3v) is 2.47. The van der Waals surface area contributed by atoms with Crippen molar-refractivity contribution in [1.82, 2.24) is 0 Å². The van der Waals surface area contributed by atoms with E-state index in [0.29, 0.717) is 31.2 Å². The highest BCUT2D eigenvalue weighted by Crippen LogP contribution is 2.18. The molecule has 0 saturated carbocycles. The molecule has 0 aliphatic carbocycles. The lowest BCUT2D eigenvalue weighted by Crippen LogP contribution is -2.02. The summed E-state index contributed by atoms with van der Waals surface area (Å²) in [5.41, 5.74) is 0.338. The van der Waals surface area contributed by atoms with Crippen LogP contribution < -0.4 is 0 Å². The van der Waals surface area contributed by atoms with Crippen molar-refractivity contribution in [2.45, 2.75) is 25.7 Å². The molecule has 0 spiro atoms. The predicted octanol–water partition coefficient (Wildman–Crippen LogP) is 2.31. The minimum Gasteiger partial charge on any atom is -0.507 e. The second-order valence-corrected chi connectivity index (χ2v) is 3.72. The Morgan fingerprint density at radius 3 is 2.47 bits per heavy atom. The van der Waals surface area contributed by atoms with E-state index in [9.17, 15) is 14.7 Å². The number of benzene rings is 1. The average Bonchev–Trinajstić information content (AvgIpc) is 2.34. The van der Waals surface area contributed by atoms with Crippen molar-refractivity contribution >= 4 is 11.8 Å². The molecule has 0 aromatic heterocycles. The fourth-order valence-corrected chi connectivity index (χ4v) is 1.50. The fraction of sp³-hybridized carbons (Fsp3) is 0.385. The fourth-order valence-electron chi connectivity index (χ4n) is 1.50. The van der Waals surface area contributed by atoms with E-state index in [2.05, 4.69) is 4.74 Å². The maximum atomic E-state index is 11.7. The largest absolute Gasteiger partial charge is 0.507 e. The number of carbonyl (C=O) groups is 2. The third-order valence-electron chi connectivity index (χ3n) is 2.47. The van der Waals surface area contributed by atoms with Gasteiger partial charge in [-0.3, -0.25) is 9.59 Å². The number of phenolic OH excluding ortho intramolecular Hbond substituents is 1. The van der Waals surface area contributed by atoms with Crippen molar-refractivity contribution in [3.8, 4) is 5.75 Å². The Morgan fingerprint density at radius 2 is 1.82 bits per heavy atom. The molecule has 0 radical (unpaired) electrons. The van der Waals surface area contributed by atoms with Gasteiger partial charge in [0.25, 0.3) is 0 Å². The number of methoxy groups -OCH3 is 1. The molecule has 1 rings (SSSR count). The van der Waals surface area contributed by atoms with Gasteiger partial charge in [-0.05, 0) is 25.0 Å². The van der Waals surface area contributed by atoms with E-state index in [1.807, 2.05) is 0 Å². The first-order valence-electron chi connectivity index (χ1n) is 5.53. The summed E-state index contributed by atoms with van der Waals surface area (Å²) in [6, 6.07) is 6.46. The van der Waals surface area contributed by atoms with Gasteiger partial charge in [-0.2, -0.15) is 0 Å². The lowest BCUT2D eigenvalue weighted by atomic mass is 10.0. The molecule has 1 aromatic carbocycles. The molecule has 4 heteroatoms. The van der Waals surface area contributed by atoms with Crippen LogP contribution in [0.25, 0.3) is 0 Å². The van der Waals surface area contributed by atoms with Crippen molar-refractivity contribution in [3.05, 3.63) is 29.8 Å². The highest BCUT2D eigenvalue weighted by molar-refractivity contribution is 5.98. The summed E-state index contributed by atoms with van der Waals surface area (Å²) in [5.74, 6) is -0.363. The molecule has 0 heterocycles. The summed E-state index contributed by atoms with van der Waals surface area (Å²) in [6.07, 6.45) is 1.88. The topological polar surface area (TPSA) is 63.6 Å². The van der Waals surface area contributed by atoms with Crippen LogP contribution in [0.3, 0.4) is 0 Å². The van der Waals surface area contributed by atoms with Gasteiger partial charge in [-0.15, -0.1) is 0 Å². The van der Waals surface area contributed by atoms with E-state index in [0.717, 1.165) is 0 Å². The van der Waals surface area contributed by atoms with Crippen LogP contribution in [0.4, 0.5) is 0 Å². The first kappa shape index (κ1) is 13.2. The Kier molecular flexibility index (Phi) is 5.20. The van der Waals surface area contributed by atoms with Crippen LogP contribution in [-0.4, -0.2) is 24.0 Å². The Balaban J connectivity index is 2.36. The van der Waals surface area contributed by atoms with Gasteiger partial charge in [0.1, 0.15) is 5.75 Å². The molecule has 92 valence electrons. The standard InChI is InChI=1S/C13H16O4/c1-17-13(16)9-5-4-8-12(15)10-6-2-3-7-11(10)14/h2-3,6-7,14H,4-5,8-9H2,1H3. The molecule has 0 amide bonds. The third kappa shape index (κ3) is 4.26. The number of rotatable bonds is 6. The molecule has 1 aromatic rings. The predicted molar refractivity (Wildman–Crippen MR) is 62.9 cm³/mol. The van der Waals surface area contributed by atoms with E-state index in [1.54, 1.807) is 18.2 Å². The quantitative estimate of drug-likeness (QED) is 0.467. The van der Waals surface area contributed by atoms with Gasteiger partial charge in [0.05, 0.1) is 12.7 Å². The van der Waals surface area contributed by atoms with Crippen LogP contribution in [0.5, 0.6) is 5.75 Å². The SMILES string of the molecule is COC(=O)CCCCC(=O)c1ccccc1O. The Hall–Kier alpha value is -1.84. The van der Waals surface area contributed by atoms with Crippen LogP contribution in [0.2, 0.25) is 0 Å². The number of para-hydroxylation sites is 1. The number of esters is 1. The number of aromatic hydroxyl groups is 1. The molecule has 0 saturated heterocycles. The lowest BCUT2D eigenvalue weighted by molar-refractivity contribution is -0.140. The Bertz CT molecular complexity index is 398. The smallest absolute Gasteiger partial charge is 0.305 e. The minimum absolute atomic E-state index is 0.00506. The lowest BCUT2D eigenvalue weighted by Gasteiger charge is -2.03. The van der Waals surface area contributed by atoms with Gasteiger partial charge < -0.3 is 9.84 Å². The number of ketones is 1. The number of unbranched alkanes of at least 4 members (excludes halogenated alkanes) is 1. The molecule has 0 aliphatic heterocycles. The monoisotopic (exact) mass is 236 g/mol. The molecule has 0 unspecified atom stereocenters. The minimum atomic E-state index is -0.264. The van der Waals surface area contributed by atoms with Crippen LogP contribution in [0.15, 0.2) is 24.3 Å². The van der Waals surface area contributed by atoms with E-state index in [1.165, 1.54) is 13.2 Å². The van der Waals surface area contributed by atoms with Gasteiger partial charge in [0.2, 0.25) is 0 Å². The summed E-state index contributed by atoms with van der Waals surface area (Å²) in [5, 5.41) is 9.47. The first-order valence-corrected chi connectivity index (χ1v) is 5.53. The normalized spacial score (nSPS) is 9.94. The van der Waals surface area contributed by atoms with Gasteiger partial charge in [0.15, 0.2) is 5.78 Å². The van der Waals surface area contributed by atoms with Crippen molar-refractivity contribution in [1.29, 1.82) is 0 Å². The summed E-state index contributed by atoms with van der Waals surface area (Å²) < 4.78 is 4.50. The molecule has 0 bridgehead atoms. The maximum Gasteiger partial charge on any atom is 0.305 e. The van der Waals surface area contributed by atoms with Crippen LogP contribution in [0, 0.1) is 0 Å². The van der Waals surface area contributed by atoms with E-state index in [-0.39, 0.29) is 17.5 Å². The van der Waals surface area contributed by atoms with Crippen LogP contribution in [0.1, 0.15) is 36.0 Å². The summed E-state index contributed by atoms with van der Waals surface area (Å²) >= 11 is 0. The van der Waals surface area contributed by atoms with Gasteiger partial charge >= 0.3 is 5.97 Å². The van der Waals surface area contributed by atoms with E-state index >= 15 is 0 Å². The van der Waals surface area contributed by atoms with Gasteiger partial charge in [-0.1, -0.05) is 12.1 Å². The molecule has 0 fully saturated rings. The maximum absolute atomic E-state index is 11.7. The first-order chi connectivity index (χ1) is 8.15. The molecular weight excluding hydrogens is 220 g/mol. The summed E-state index contributed by atoms with van der Waals surface area (Å²) in [6.45, 7) is 0. The second-order valence-electron chi connectivity index (χ2n) is 3.72. The Labute approximate surface area is 100 Å². The van der Waals surface area contributed by atoms with Crippen molar-refractivity contribution < 1.29 is 19.4 Å². The van der Waals surface area contributed by atoms with E-state index in [4.69, 9.17) is 0 Å². The zero-order chi connectivity index (χ0) is 12.7. The van der Waals surface area contributed by atoms with Crippen molar-refractivity contribution in [2.75, 3.05) is 7.11 Å². The average molecular weight is 236 g/mol.